The van der Waals surface area contributed by atoms with E-state index in [-0.39, 0.29) is 5.69 Å². The number of rotatable bonds is 2. The maximum atomic E-state index is 10.8. The first-order valence-electron chi connectivity index (χ1n) is 3.95. The molecule has 0 fully saturated rings. The normalized spacial score (nSPS) is 10.5. The lowest BCUT2D eigenvalue weighted by molar-refractivity contribution is 0.0690. The van der Waals surface area contributed by atoms with Gasteiger partial charge >= 0.3 is 5.97 Å². The molecular weight excluding hydrogens is 266 g/mol. The van der Waals surface area contributed by atoms with Gasteiger partial charge < -0.3 is 9.84 Å². The van der Waals surface area contributed by atoms with Gasteiger partial charge in [-0.05, 0) is 15.9 Å². The molecule has 0 aliphatic heterocycles. The second-order valence-corrected chi connectivity index (χ2v) is 3.57. The lowest BCUT2D eigenvalue weighted by atomic mass is 10.4. The van der Waals surface area contributed by atoms with Gasteiger partial charge in [-0.2, -0.15) is 9.61 Å². The van der Waals surface area contributed by atoms with Gasteiger partial charge in [0.2, 0.25) is 5.88 Å². The van der Waals surface area contributed by atoms with Crippen LogP contribution in [-0.4, -0.2) is 32.8 Å². The molecule has 78 valence electrons. The number of carbonyl (C=O) groups is 1. The Morgan fingerprint density at radius 2 is 2.40 bits per heavy atom. The van der Waals surface area contributed by atoms with E-state index in [0.717, 1.165) is 0 Å². The summed E-state index contributed by atoms with van der Waals surface area (Å²) >= 11 is 3.22. The molecule has 0 atom stereocenters. The highest BCUT2D eigenvalue weighted by Crippen LogP contribution is 2.21. The molecule has 0 spiro atoms. The molecule has 2 rings (SSSR count). The van der Waals surface area contributed by atoms with E-state index in [4.69, 9.17) is 9.84 Å². The number of aromatic nitrogens is 3. The Bertz CT molecular complexity index is 537. The van der Waals surface area contributed by atoms with Gasteiger partial charge in [-0.15, -0.1) is 0 Å². The number of hydrogen-bond acceptors (Lipinski definition) is 4. The molecule has 0 aromatic carbocycles. The minimum Gasteiger partial charge on any atom is -0.481 e. The zero-order chi connectivity index (χ0) is 11.0. The van der Waals surface area contributed by atoms with E-state index >= 15 is 0 Å². The van der Waals surface area contributed by atoms with Crippen molar-refractivity contribution in [1.29, 1.82) is 0 Å². The first-order chi connectivity index (χ1) is 7.13. The van der Waals surface area contributed by atoms with E-state index in [2.05, 4.69) is 26.0 Å². The highest BCUT2D eigenvalue weighted by Gasteiger charge is 2.13. The number of hydrogen-bond donors (Lipinski definition) is 1. The van der Waals surface area contributed by atoms with Crippen LogP contribution in [-0.2, 0) is 0 Å². The Morgan fingerprint density at radius 3 is 3.00 bits per heavy atom. The molecular formula is C8H6BrN3O3. The van der Waals surface area contributed by atoms with Gasteiger partial charge in [0.25, 0.3) is 0 Å². The van der Waals surface area contributed by atoms with Gasteiger partial charge in [-0.25, -0.2) is 9.78 Å². The molecule has 0 unspecified atom stereocenters. The zero-order valence-electron chi connectivity index (χ0n) is 7.64. The van der Waals surface area contributed by atoms with Crippen LogP contribution in [0.5, 0.6) is 5.88 Å². The molecule has 2 heterocycles. The highest BCUT2D eigenvalue weighted by atomic mass is 79.9. The summed E-state index contributed by atoms with van der Waals surface area (Å²) in [4.78, 5) is 14.7. The first kappa shape index (κ1) is 9.91. The van der Waals surface area contributed by atoms with E-state index in [1.54, 1.807) is 0 Å². The number of ether oxygens (including phenoxy) is 1. The van der Waals surface area contributed by atoms with Crippen LogP contribution < -0.4 is 4.74 Å². The van der Waals surface area contributed by atoms with E-state index in [1.165, 1.54) is 23.9 Å². The van der Waals surface area contributed by atoms with Gasteiger partial charge in [0.15, 0.2) is 11.3 Å². The maximum absolute atomic E-state index is 10.8. The van der Waals surface area contributed by atoms with Crippen LogP contribution in [0.25, 0.3) is 5.65 Å². The number of aromatic carboxylic acids is 1. The second-order valence-electron chi connectivity index (χ2n) is 2.72. The Hall–Kier alpha value is -1.63. The van der Waals surface area contributed by atoms with Crippen molar-refractivity contribution in [2.45, 2.75) is 0 Å². The minimum atomic E-state index is -1.11. The average Bonchev–Trinajstić information content (AvgIpc) is 2.59. The Morgan fingerprint density at radius 1 is 1.67 bits per heavy atom. The summed E-state index contributed by atoms with van der Waals surface area (Å²) in [6.07, 6.45) is 1.52. The standard InChI is InChI=1S/C8H6BrN3O3/c1-15-6-2-5(8(13)14)11-7-4(9)3-10-12(6)7/h2-3H,1H3,(H,13,14). The van der Waals surface area contributed by atoms with Gasteiger partial charge in [0, 0.05) is 6.07 Å². The molecule has 2 aromatic heterocycles. The largest absolute Gasteiger partial charge is 0.481 e. The molecule has 0 aliphatic carbocycles. The fourth-order valence-corrected chi connectivity index (χ4v) is 1.51. The number of nitrogens with zero attached hydrogens (tertiary/aromatic N) is 3. The van der Waals surface area contributed by atoms with Crippen LogP contribution in [0, 0.1) is 0 Å². The summed E-state index contributed by atoms with van der Waals surface area (Å²) in [7, 11) is 1.44. The SMILES string of the molecule is COc1cc(C(=O)O)nc2c(Br)cnn12. The predicted molar refractivity (Wildman–Crippen MR) is 54.2 cm³/mol. The number of methoxy groups -OCH3 is 1. The topological polar surface area (TPSA) is 76.7 Å². The van der Waals surface area contributed by atoms with E-state index in [0.29, 0.717) is 16.0 Å². The molecule has 0 saturated heterocycles. The first-order valence-corrected chi connectivity index (χ1v) is 4.74. The third-order valence-corrected chi connectivity index (χ3v) is 2.38. The zero-order valence-corrected chi connectivity index (χ0v) is 9.22. The minimum absolute atomic E-state index is 0.0828. The lowest BCUT2D eigenvalue weighted by Gasteiger charge is -2.03. The van der Waals surface area contributed by atoms with Crippen molar-refractivity contribution in [1.82, 2.24) is 14.6 Å². The molecule has 2 aromatic rings. The van der Waals surface area contributed by atoms with E-state index in [1.807, 2.05) is 0 Å². The second kappa shape index (κ2) is 3.50. The van der Waals surface area contributed by atoms with E-state index < -0.39 is 5.97 Å². The third-order valence-electron chi connectivity index (χ3n) is 1.82. The molecule has 0 bridgehead atoms. The van der Waals surface area contributed by atoms with Gasteiger partial charge in [0.05, 0.1) is 17.8 Å². The van der Waals surface area contributed by atoms with Crippen molar-refractivity contribution >= 4 is 27.5 Å². The van der Waals surface area contributed by atoms with Crippen molar-refractivity contribution in [2.24, 2.45) is 0 Å². The summed E-state index contributed by atoms with van der Waals surface area (Å²) in [5.41, 5.74) is 0.326. The van der Waals surface area contributed by atoms with Crippen molar-refractivity contribution in [3.8, 4) is 5.88 Å². The molecule has 0 radical (unpaired) electrons. The predicted octanol–water partition coefficient (Wildman–Crippen LogP) is 1.20. The van der Waals surface area contributed by atoms with Gasteiger partial charge in [0.1, 0.15) is 0 Å². The fourth-order valence-electron chi connectivity index (χ4n) is 1.16. The van der Waals surface area contributed by atoms with Crippen molar-refractivity contribution in [2.75, 3.05) is 7.11 Å². The van der Waals surface area contributed by atoms with Crippen LogP contribution in [0.15, 0.2) is 16.7 Å². The molecule has 0 amide bonds. The molecule has 1 N–H and O–H groups in total. The monoisotopic (exact) mass is 271 g/mol. The fraction of sp³-hybridized carbons (Fsp3) is 0.125. The number of carboxylic acid groups (broad SMARTS) is 1. The molecule has 0 aliphatic rings. The Labute approximate surface area is 92.6 Å². The number of carboxylic acids is 1. The average molecular weight is 272 g/mol. The van der Waals surface area contributed by atoms with E-state index in [9.17, 15) is 4.79 Å². The molecule has 7 heteroatoms. The summed E-state index contributed by atoms with van der Waals surface area (Å²) in [6, 6.07) is 1.31. The Kier molecular flexibility index (Phi) is 2.31. The van der Waals surface area contributed by atoms with Crippen molar-refractivity contribution in [3.05, 3.63) is 22.4 Å². The summed E-state index contributed by atoms with van der Waals surface area (Å²) < 4.78 is 7.04. The molecule has 6 nitrogen and oxygen atoms in total. The van der Waals surface area contributed by atoms with Crippen LogP contribution in [0.3, 0.4) is 0 Å². The van der Waals surface area contributed by atoms with Crippen molar-refractivity contribution < 1.29 is 14.6 Å². The van der Waals surface area contributed by atoms with Crippen molar-refractivity contribution in [3.63, 3.8) is 0 Å². The molecule has 0 saturated carbocycles. The summed E-state index contributed by atoms with van der Waals surface area (Å²) in [5, 5.41) is 12.8. The number of halogens is 1. The smallest absolute Gasteiger partial charge is 0.354 e. The van der Waals surface area contributed by atoms with Gasteiger partial charge in [-0.3, -0.25) is 0 Å². The molecule has 15 heavy (non-hydrogen) atoms. The Balaban J connectivity index is 2.79. The summed E-state index contributed by atoms with van der Waals surface area (Å²) in [6.45, 7) is 0. The van der Waals surface area contributed by atoms with Crippen LogP contribution in [0.4, 0.5) is 0 Å². The van der Waals surface area contributed by atoms with Crippen LogP contribution in [0.2, 0.25) is 0 Å². The quantitative estimate of drug-likeness (QED) is 0.888. The highest BCUT2D eigenvalue weighted by molar-refractivity contribution is 9.10. The summed E-state index contributed by atoms with van der Waals surface area (Å²) in [5.74, 6) is -0.785. The van der Waals surface area contributed by atoms with Crippen LogP contribution >= 0.6 is 15.9 Å². The number of fused-ring (bicyclic) bond motifs is 1. The van der Waals surface area contributed by atoms with Gasteiger partial charge in [-0.1, -0.05) is 0 Å². The third kappa shape index (κ3) is 1.54. The maximum Gasteiger partial charge on any atom is 0.354 e. The lowest BCUT2D eigenvalue weighted by Crippen LogP contribution is -2.05. The van der Waals surface area contributed by atoms with Crippen LogP contribution in [0.1, 0.15) is 10.5 Å².